The van der Waals surface area contributed by atoms with Gasteiger partial charge in [0.2, 0.25) is 12.7 Å². The number of hydrogen-bond acceptors (Lipinski definition) is 6. The zero-order valence-electron chi connectivity index (χ0n) is 13.8. The molecule has 134 valence electrons. The number of hydrazine groups is 1. The van der Waals surface area contributed by atoms with Crippen LogP contribution in [0, 0.1) is 0 Å². The summed E-state index contributed by atoms with van der Waals surface area (Å²) in [7, 11) is 1.31. The van der Waals surface area contributed by atoms with Crippen LogP contribution in [0.25, 0.3) is 0 Å². The van der Waals surface area contributed by atoms with Crippen molar-refractivity contribution >= 4 is 29.2 Å². The lowest BCUT2D eigenvalue weighted by Gasteiger charge is -2.30. The van der Waals surface area contributed by atoms with Crippen molar-refractivity contribution in [1.82, 2.24) is 15.3 Å². The molecule has 0 aromatic heterocycles. The fourth-order valence-electron chi connectivity index (χ4n) is 2.71. The first-order chi connectivity index (χ1) is 12.1. The van der Waals surface area contributed by atoms with Gasteiger partial charge < -0.3 is 19.5 Å². The fraction of sp³-hybridized carbons (Fsp3) is 0.438. The summed E-state index contributed by atoms with van der Waals surface area (Å²) >= 11 is 5.28. The molecule has 25 heavy (non-hydrogen) atoms. The average Bonchev–Trinajstić information content (AvgIpc) is 3.27. The Hall–Kier alpha value is -2.55. The number of esters is 1. The number of fused-ring (bicyclic) bond motifs is 1. The van der Waals surface area contributed by atoms with E-state index in [0.717, 1.165) is 12.0 Å². The second kappa shape index (κ2) is 7.56. The molecule has 2 aliphatic heterocycles. The Bertz CT molecular complexity index is 696. The van der Waals surface area contributed by atoms with E-state index in [2.05, 4.69) is 10.1 Å². The van der Waals surface area contributed by atoms with Gasteiger partial charge in [-0.2, -0.15) is 0 Å². The van der Waals surface area contributed by atoms with Crippen molar-refractivity contribution in [2.24, 2.45) is 0 Å². The van der Waals surface area contributed by atoms with E-state index in [-0.39, 0.29) is 25.7 Å². The Morgan fingerprint density at radius 1 is 1.24 bits per heavy atom. The minimum atomic E-state index is -0.417. The SMILES string of the molecule is COC(=O)CNC(=S)N1CCCN1C(=O)Cc1ccc2c(c1)OCO2. The van der Waals surface area contributed by atoms with E-state index in [1.807, 2.05) is 12.1 Å². The predicted octanol–water partition coefficient (Wildman–Crippen LogP) is 0.455. The van der Waals surface area contributed by atoms with E-state index in [1.54, 1.807) is 16.1 Å². The molecule has 2 aliphatic rings. The van der Waals surface area contributed by atoms with E-state index >= 15 is 0 Å². The van der Waals surface area contributed by atoms with Gasteiger partial charge in [-0.05, 0) is 36.3 Å². The number of nitrogens with one attached hydrogen (secondary N) is 1. The summed E-state index contributed by atoms with van der Waals surface area (Å²) in [5, 5.41) is 6.44. The highest BCUT2D eigenvalue weighted by molar-refractivity contribution is 7.80. The van der Waals surface area contributed by atoms with E-state index in [0.29, 0.717) is 29.7 Å². The maximum Gasteiger partial charge on any atom is 0.325 e. The quantitative estimate of drug-likeness (QED) is 0.609. The van der Waals surface area contributed by atoms with Crippen LogP contribution >= 0.6 is 12.2 Å². The van der Waals surface area contributed by atoms with Gasteiger partial charge in [0.05, 0.1) is 13.5 Å². The lowest BCUT2D eigenvalue weighted by Crippen LogP contribution is -2.50. The van der Waals surface area contributed by atoms with Crippen molar-refractivity contribution in [2.75, 3.05) is 33.5 Å². The molecule has 0 spiro atoms. The maximum absolute atomic E-state index is 12.7. The smallest absolute Gasteiger partial charge is 0.325 e. The second-order valence-electron chi connectivity index (χ2n) is 5.59. The largest absolute Gasteiger partial charge is 0.468 e. The third kappa shape index (κ3) is 3.93. The molecular formula is C16H19N3O5S. The van der Waals surface area contributed by atoms with Crippen LogP contribution in [0.5, 0.6) is 11.5 Å². The predicted molar refractivity (Wildman–Crippen MR) is 91.9 cm³/mol. The molecule has 0 unspecified atom stereocenters. The number of thiocarbonyl (C=S) groups is 1. The number of nitrogens with zero attached hydrogens (tertiary/aromatic N) is 2. The second-order valence-corrected chi connectivity index (χ2v) is 5.98. The van der Waals surface area contributed by atoms with Gasteiger partial charge in [-0.3, -0.25) is 19.6 Å². The van der Waals surface area contributed by atoms with E-state index in [1.165, 1.54) is 7.11 Å². The zero-order chi connectivity index (χ0) is 17.8. The highest BCUT2D eigenvalue weighted by Crippen LogP contribution is 2.32. The van der Waals surface area contributed by atoms with Crippen LogP contribution in [-0.2, 0) is 20.7 Å². The number of carbonyl (C=O) groups excluding carboxylic acids is 2. The molecule has 1 N–H and O–H groups in total. The Kier molecular flexibility index (Phi) is 5.22. The highest BCUT2D eigenvalue weighted by Gasteiger charge is 2.29. The molecule has 0 aliphatic carbocycles. The van der Waals surface area contributed by atoms with Crippen molar-refractivity contribution in [2.45, 2.75) is 12.8 Å². The number of methoxy groups -OCH3 is 1. The van der Waals surface area contributed by atoms with Crippen molar-refractivity contribution in [3.63, 3.8) is 0 Å². The summed E-state index contributed by atoms with van der Waals surface area (Å²) < 4.78 is 15.2. The summed E-state index contributed by atoms with van der Waals surface area (Å²) in [5.41, 5.74) is 0.842. The highest BCUT2D eigenvalue weighted by atomic mass is 32.1. The van der Waals surface area contributed by atoms with E-state index in [4.69, 9.17) is 21.7 Å². The molecule has 0 saturated carbocycles. The average molecular weight is 365 g/mol. The van der Waals surface area contributed by atoms with Crippen LogP contribution in [0.15, 0.2) is 18.2 Å². The molecule has 0 atom stereocenters. The zero-order valence-corrected chi connectivity index (χ0v) is 14.6. The van der Waals surface area contributed by atoms with Crippen LogP contribution in [0.2, 0.25) is 0 Å². The number of carbonyl (C=O) groups is 2. The van der Waals surface area contributed by atoms with Crippen LogP contribution in [0.3, 0.4) is 0 Å². The van der Waals surface area contributed by atoms with Gasteiger partial charge in [0.25, 0.3) is 0 Å². The molecule has 0 bridgehead atoms. The number of rotatable bonds is 4. The first kappa shape index (κ1) is 17.3. The van der Waals surface area contributed by atoms with Crippen LogP contribution in [0.4, 0.5) is 0 Å². The number of amides is 1. The molecule has 9 heteroatoms. The maximum atomic E-state index is 12.7. The van der Waals surface area contributed by atoms with Crippen LogP contribution < -0.4 is 14.8 Å². The molecule has 0 radical (unpaired) electrons. The molecule has 1 amide bonds. The van der Waals surface area contributed by atoms with Gasteiger partial charge >= 0.3 is 5.97 Å². The molecule has 3 rings (SSSR count). The monoisotopic (exact) mass is 365 g/mol. The summed E-state index contributed by atoms with van der Waals surface area (Å²) in [4.78, 5) is 23.9. The molecule has 1 fully saturated rings. The Morgan fingerprint density at radius 3 is 2.80 bits per heavy atom. The van der Waals surface area contributed by atoms with Gasteiger partial charge in [0.1, 0.15) is 6.54 Å². The minimum Gasteiger partial charge on any atom is -0.468 e. The van der Waals surface area contributed by atoms with Gasteiger partial charge in [-0.1, -0.05) is 6.07 Å². The van der Waals surface area contributed by atoms with Crippen molar-refractivity contribution in [1.29, 1.82) is 0 Å². The van der Waals surface area contributed by atoms with Gasteiger partial charge in [0, 0.05) is 13.1 Å². The van der Waals surface area contributed by atoms with Crippen LogP contribution in [-0.4, -0.2) is 60.5 Å². The lowest BCUT2D eigenvalue weighted by molar-refractivity contribution is -0.139. The van der Waals surface area contributed by atoms with Crippen molar-refractivity contribution < 1.29 is 23.8 Å². The summed E-state index contributed by atoms with van der Waals surface area (Å²) in [6.07, 6.45) is 1.04. The van der Waals surface area contributed by atoms with Gasteiger partial charge in [0.15, 0.2) is 16.6 Å². The third-order valence-electron chi connectivity index (χ3n) is 3.96. The number of benzene rings is 1. The molecule has 1 aromatic rings. The topological polar surface area (TPSA) is 80.3 Å². The number of ether oxygens (including phenoxy) is 3. The lowest BCUT2D eigenvalue weighted by atomic mass is 10.1. The molecule has 2 heterocycles. The molecule has 8 nitrogen and oxygen atoms in total. The molecular weight excluding hydrogens is 346 g/mol. The summed E-state index contributed by atoms with van der Waals surface area (Å²) in [5.74, 6) is 0.851. The first-order valence-electron chi connectivity index (χ1n) is 7.89. The fourth-order valence-corrected chi connectivity index (χ4v) is 2.97. The summed E-state index contributed by atoms with van der Waals surface area (Å²) in [6.45, 7) is 1.38. The van der Waals surface area contributed by atoms with Gasteiger partial charge in [-0.15, -0.1) is 0 Å². The van der Waals surface area contributed by atoms with Crippen LogP contribution in [0.1, 0.15) is 12.0 Å². The minimum absolute atomic E-state index is 0.0317. The Labute approximate surface area is 150 Å². The summed E-state index contributed by atoms with van der Waals surface area (Å²) in [6, 6.07) is 5.46. The number of hydrogen-bond donors (Lipinski definition) is 1. The molecule has 1 saturated heterocycles. The molecule has 1 aromatic carbocycles. The Morgan fingerprint density at radius 2 is 2.00 bits per heavy atom. The van der Waals surface area contributed by atoms with Crippen molar-refractivity contribution in [3.05, 3.63) is 23.8 Å². The van der Waals surface area contributed by atoms with E-state index < -0.39 is 5.97 Å². The standard InChI is InChI=1S/C16H19N3O5S/c1-22-15(21)9-17-16(25)19-6-2-5-18(19)14(20)8-11-3-4-12-13(7-11)24-10-23-12/h3-4,7H,2,5-6,8-10H2,1H3,(H,17,25). The normalized spacial score (nSPS) is 15.2. The Balaban J connectivity index is 1.60. The first-order valence-corrected chi connectivity index (χ1v) is 8.30. The van der Waals surface area contributed by atoms with E-state index in [9.17, 15) is 9.59 Å². The third-order valence-corrected chi connectivity index (χ3v) is 4.31. The van der Waals surface area contributed by atoms with Gasteiger partial charge in [-0.25, -0.2) is 0 Å². The van der Waals surface area contributed by atoms with Crippen molar-refractivity contribution in [3.8, 4) is 11.5 Å².